The van der Waals surface area contributed by atoms with Crippen molar-refractivity contribution in [3.8, 4) is 0 Å². The maximum atomic E-state index is 12.6. The van der Waals surface area contributed by atoms with Gasteiger partial charge in [-0.1, -0.05) is 30.7 Å². The van der Waals surface area contributed by atoms with Crippen LogP contribution in [0.5, 0.6) is 0 Å². The number of fused-ring (bicyclic) bond motifs is 1. The van der Waals surface area contributed by atoms with Gasteiger partial charge in [0.25, 0.3) is 0 Å². The lowest BCUT2D eigenvalue weighted by Crippen LogP contribution is -2.39. The molecule has 0 N–H and O–H groups in total. The number of nitrogens with zero attached hydrogens (tertiary/aromatic N) is 4. The SMILES string of the molecule is CCCCN(CC)C(=O)CC(C)(C)n1nnc2ccccc21. The molecular formula is C17H26N4O. The molecule has 5 nitrogen and oxygen atoms in total. The van der Waals surface area contributed by atoms with E-state index in [1.165, 1.54) is 0 Å². The first-order chi connectivity index (χ1) is 10.5. The molecule has 1 amide bonds. The first-order valence-electron chi connectivity index (χ1n) is 8.08. The van der Waals surface area contributed by atoms with Crippen molar-refractivity contribution in [3.05, 3.63) is 24.3 Å². The van der Waals surface area contributed by atoms with E-state index in [4.69, 9.17) is 0 Å². The molecule has 2 aromatic rings. The van der Waals surface area contributed by atoms with E-state index >= 15 is 0 Å². The molecule has 5 heteroatoms. The summed E-state index contributed by atoms with van der Waals surface area (Å²) in [6.45, 7) is 9.85. The van der Waals surface area contributed by atoms with Crippen molar-refractivity contribution in [1.29, 1.82) is 0 Å². The highest BCUT2D eigenvalue weighted by molar-refractivity contribution is 5.78. The molecule has 0 saturated heterocycles. The normalized spacial score (nSPS) is 11.8. The van der Waals surface area contributed by atoms with Gasteiger partial charge in [-0.15, -0.1) is 5.10 Å². The van der Waals surface area contributed by atoms with Crippen molar-refractivity contribution in [3.63, 3.8) is 0 Å². The molecule has 1 aromatic carbocycles. The summed E-state index contributed by atoms with van der Waals surface area (Å²) in [5.41, 5.74) is 1.44. The summed E-state index contributed by atoms with van der Waals surface area (Å²) in [6.07, 6.45) is 2.57. The Bertz CT molecular complexity index is 632. The van der Waals surface area contributed by atoms with Crippen molar-refractivity contribution in [2.24, 2.45) is 0 Å². The minimum absolute atomic E-state index is 0.181. The number of carbonyl (C=O) groups excluding carboxylic acids is 1. The van der Waals surface area contributed by atoms with E-state index in [1.807, 2.05) is 54.6 Å². The summed E-state index contributed by atoms with van der Waals surface area (Å²) in [4.78, 5) is 14.5. The molecule has 0 aliphatic rings. The number of rotatable bonds is 7. The second-order valence-corrected chi connectivity index (χ2v) is 6.31. The summed E-state index contributed by atoms with van der Waals surface area (Å²) in [5, 5.41) is 8.46. The molecule has 1 heterocycles. The Hall–Kier alpha value is -1.91. The van der Waals surface area contributed by atoms with Gasteiger partial charge in [0.2, 0.25) is 5.91 Å². The fraction of sp³-hybridized carbons (Fsp3) is 0.588. The molecule has 0 radical (unpaired) electrons. The van der Waals surface area contributed by atoms with Gasteiger partial charge in [0.05, 0.1) is 17.5 Å². The van der Waals surface area contributed by atoms with Crippen LogP contribution in [0.25, 0.3) is 11.0 Å². The summed E-state index contributed by atoms with van der Waals surface area (Å²) in [7, 11) is 0. The summed E-state index contributed by atoms with van der Waals surface area (Å²) < 4.78 is 1.87. The van der Waals surface area contributed by atoms with Crippen LogP contribution < -0.4 is 0 Å². The van der Waals surface area contributed by atoms with Crippen molar-refractivity contribution in [2.45, 2.75) is 52.5 Å². The average Bonchev–Trinajstić information content (AvgIpc) is 2.92. The van der Waals surface area contributed by atoms with E-state index in [0.29, 0.717) is 6.42 Å². The fourth-order valence-electron chi connectivity index (χ4n) is 2.68. The topological polar surface area (TPSA) is 51.0 Å². The standard InChI is InChI=1S/C17H26N4O/c1-5-7-12-20(6-2)16(22)13-17(3,4)21-15-11-9-8-10-14(15)18-19-21/h8-11H,5-7,12-13H2,1-4H3. The third kappa shape index (κ3) is 3.46. The molecule has 0 saturated carbocycles. The number of hydrogen-bond donors (Lipinski definition) is 0. The molecule has 0 aliphatic heterocycles. The van der Waals surface area contributed by atoms with E-state index in [2.05, 4.69) is 17.2 Å². The molecule has 2 rings (SSSR count). The maximum absolute atomic E-state index is 12.6. The first kappa shape index (κ1) is 16.5. The highest BCUT2D eigenvalue weighted by Gasteiger charge is 2.29. The van der Waals surface area contributed by atoms with Crippen LogP contribution in [0.3, 0.4) is 0 Å². The molecule has 0 aliphatic carbocycles. The Morgan fingerprint density at radius 1 is 1.27 bits per heavy atom. The Kier molecular flexibility index (Phi) is 5.16. The van der Waals surface area contributed by atoms with Crippen LogP contribution in [0, 0.1) is 0 Å². The van der Waals surface area contributed by atoms with Crippen LogP contribution in [-0.2, 0) is 10.3 Å². The summed E-state index contributed by atoms with van der Waals surface area (Å²) in [5.74, 6) is 0.181. The van der Waals surface area contributed by atoms with Crippen LogP contribution in [0.1, 0.15) is 47.0 Å². The summed E-state index contributed by atoms with van der Waals surface area (Å²) in [6, 6.07) is 7.86. The third-order valence-electron chi connectivity index (χ3n) is 4.03. The Morgan fingerprint density at radius 3 is 2.68 bits per heavy atom. The monoisotopic (exact) mass is 302 g/mol. The second-order valence-electron chi connectivity index (χ2n) is 6.31. The van der Waals surface area contributed by atoms with Crippen LogP contribution in [0.2, 0.25) is 0 Å². The van der Waals surface area contributed by atoms with E-state index in [-0.39, 0.29) is 5.91 Å². The van der Waals surface area contributed by atoms with Crippen molar-refractivity contribution >= 4 is 16.9 Å². The predicted molar refractivity (Wildman–Crippen MR) is 88.6 cm³/mol. The van der Waals surface area contributed by atoms with Crippen LogP contribution >= 0.6 is 0 Å². The molecule has 0 unspecified atom stereocenters. The molecule has 22 heavy (non-hydrogen) atoms. The van der Waals surface area contributed by atoms with Crippen LogP contribution in [0.4, 0.5) is 0 Å². The van der Waals surface area contributed by atoms with Crippen molar-refractivity contribution in [2.75, 3.05) is 13.1 Å². The van der Waals surface area contributed by atoms with Gasteiger partial charge >= 0.3 is 0 Å². The number of para-hydroxylation sites is 1. The zero-order valence-corrected chi connectivity index (χ0v) is 14.0. The maximum Gasteiger partial charge on any atom is 0.224 e. The zero-order chi connectivity index (χ0) is 16.2. The molecule has 0 bridgehead atoms. The minimum Gasteiger partial charge on any atom is -0.343 e. The van der Waals surface area contributed by atoms with E-state index in [1.54, 1.807) is 0 Å². The quantitative estimate of drug-likeness (QED) is 0.789. The molecule has 1 aromatic heterocycles. The van der Waals surface area contributed by atoms with Crippen molar-refractivity contribution < 1.29 is 4.79 Å². The van der Waals surface area contributed by atoms with Gasteiger partial charge in [-0.2, -0.15) is 0 Å². The highest BCUT2D eigenvalue weighted by Crippen LogP contribution is 2.24. The number of amides is 1. The molecular weight excluding hydrogens is 276 g/mol. The van der Waals surface area contributed by atoms with E-state index in [9.17, 15) is 4.79 Å². The molecule has 0 fully saturated rings. The van der Waals surface area contributed by atoms with Gasteiger partial charge in [0.1, 0.15) is 5.52 Å². The van der Waals surface area contributed by atoms with Crippen LogP contribution in [-0.4, -0.2) is 38.9 Å². The smallest absolute Gasteiger partial charge is 0.224 e. The summed E-state index contributed by atoms with van der Waals surface area (Å²) >= 11 is 0. The molecule has 120 valence electrons. The zero-order valence-electron chi connectivity index (χ0n) is 14.0. The average molecular weight is 302 g/mol. The van der Waals surface area contributed by atoms with E-state index < -0.39 is 5.54 Å². The third-order valence-corrected chi connectivity index (χ3v) is 4.03. The van der Waals surface area contributed by atoms with Gasteiger partial charge < -0.3 is 4.90 Å². The van der Waals surface area contributed by atoms with Gasteiger partial charge in [-0.25, -0.2) is 4.68 Å². The molecule has 0 atom stereocenters. The first-order valence-corrected chi connectivity index (χ1v) is 8.08. The van der Waals surface area contributed by atoms with E-state index in [0.717, 1.165) is 37.0 Å². The molecule has 0 spiro atoms. The van der Waals surface area contributed by atoms with Gasteiger partial charge in [-0.3, -0.25) is 4.79 Å². The number of benzene rings is 1. The van der Waals surface area contributed by atoms with Gasteiger partial charge in [0, 0.05) is 13.1 Å². The largest absolute Gasteiger partial charge is 0.343 e. The Labute approximate surface area is 132 Å². The van der Waals surface area contributed by atoms with Crippen LogP contribution in [0.15, 0.2) is 24.3 Å². The minimum atomic E-state index is -0.396. The Balaban J connectivity index is 2.17. The predicted octanol–water partition coefficient (Wildman–Crippen LogP) is 3.21. The van der Waals surface area contributed by atoms with Gasteiger partial charge in [0.15, 0.2) is 0 Å². The van der Waals surface area contributed by atoms with Gasteiger partial charge in [-0.05, 0) is 39.3 Å². The number of aromatic nitrogens is 3. The van der Waals surface area contributed by atoms with Crippen molar-refractivity contribution in [1.82, 2.24) is 19.9 Å². The number of carbonyl (C=O) groups is 1. The lowest BCUT2D eigenvalue weighted by Gasteiger charge is -2.29. The second kappa shape index (κ2) is 6.90. The number of hydrogen-bond acceptors (Lipinski definition) is 3. The Morgan fingerprint density at radius 2 is 2.00 bits per heavy atom. The highest BCUT2D eigenvalue weighted by atomic mass is 16.2. The lowest BCUT2D eigenvalue weighted by atomic mass is 9.99. The lowest BCUT2D eigenvalue weighted by molar-refractivity contribution is -0.133. The fourth-order valence-corrected chi connectivity index (χ4v) is 2.68. The number of unbranched alkanes of at least 4 members (excludes halogenated alkanes) is 1.